The summed E-state index contributed by atoms with van der Waals surface area (Å²) in [6, 6.07) is 15.4. The fourth-order valence-corrected chi connectivity index (χ4v) is 4.14. The lowest BCUT2D eigenvalue weighted by atomic mass is 9.84. The van der Waals surface area contributed by atoms with Crippen molar-refractivity contribution >= 4 is 11.9 Å². The van der Waals surface area contributed by atoms with Crippen LogP contribution in [-0.2, 0) is 15.8 Å². The molecule has 0 aliphatic carbocycles. The number of esters is 1. The fourth-order valence-electron chi connectivity index (χ4n) is 4.14. The summed E-state index contributed by atoms with van der Waals surface area (Å²) in [4.78, 5) is 27.2. The van der Waals surface area contributed by atoms with E-state index in [-0.39, 0.29) is 17.3 Å². The van der Waals surface area contributed by atoms with Gasteiger partial charge in [-0.25, -0.2) is 4.79 Å². The van der Waals surface area contributed by atoms with Crippen molar-refractivity contribution in [2.75, 3.05) is 13.1 Å². The summed E-state index contributed by atoms with van der Waals surface area (Å²) < 4.78 is 5.81. The van der Waals surface area contributed by atoms with Gasteiger partial charge in [-0.3, -0.25) is 4.79 Å². The third-order valence-electron chi connectivity index (χ3n) is 5.67. The average Bonchev–Trinajstić information content (AvgIpc) is 2.92. The predicted molar refractivity (Wildman–Crippen MR) is 104 cm³/mol. The molecule has 1 unspecified atom stereocenters. The molecule has 0 radical (unpaired) electrons. The molecule has 0 bridgehead atoms. The molecule has 140 valence electrons. The molecule has 1 atom stereocenters. The molecule has 1 saturated heterocycles. The van der Waals surface area contributed by atoms with Gasteiger partial charge in [0.1, 0.15) is 0 Å². The van der Waals surface area contributed by atoms with Crippen LogP contribution in [0.2, 0.25) is 0 Å². The van der Waals surface area contributed by atoms with Crippen LogP contribution in [0.1, 0.15) is 65.5 Å². The number of piperidine rings is 1. The monoisotopic (exact) mass is 363 g/mol. The van der Waals surface area contributed by atoms with Gasteiger partial charge in [0, 0.05) is 17.7 Å². The molecule has 0 N–H and O–H groups in total. The number of hydrogen-bond donors (Lipinski definition) is 0. The van der Waals surface area contributed by atoms with E-state index in [9.17, 15) is 9.59 Å². The zero-order chi connectivity index (χ0) is 19.2. The molecular formula is C23H25NO3. The number of amides is 1. The summed E-state index contributed by atoms with van der Waals surface area (Å²) in [5.41, 5.74) is 2.77. The lowest BCUT2D eigenvalue weighted by Crippen LogP contribution is -2.48. The second-order valence-electron chi connectivity index (χ2n) is 8.59. The zero-order valence-corrected chi connectivity index (χ0v) is 16.1. The first-order valence-corrected chi connectivity index (χ1v) is 9.53. The molecule has 0 saturated carbocycles. The number of fused-ring (bicyclic) bond motifs is 2. The van der Waals surface area contributed by atoms with Gasteiger partial charge in [-0.05, 0) is 42.0 Å². The normalized spacial score (nSPS) is 21.9. The van der Waals surface area contributed by atoms with E-state index >= 15 is 0 Å². The first-order valence-electron chi connectivity index (χ1n) is 9.53. The Morgan fingerprint density at radius 3 is 2.48 bits per heavy atom. The molecular weight excluding hydrogens is 338 g/mol. The maximum Gasteiger partial charge on any atom is 0.339 e. The second kappa shape index (κ2) is 6.22. The Morgan fingerprint density at radius 1 is 1.07 bits per heavy atom. The van der Waals surface area contributed by atoms with Crippen molar-refractivity contribution in [3.05, 3.63) is 70.8 Å². The lowest BCUT2D eigenvalue weighted by Gasteiger charge is -2.39. The summed E-state index contributed by atoms with van der Waals surface area (Å²) in [7, 11) is 0. The van der Waals surface area contributed by atoms with E-state index in [1.165, 1.54) is 5.56 Å². The van der Waals surface area contributed by atoms with E-state index in [1.807, 2.05) is 47.4 Å². The van der Waals surface area contributed by atoms with Gasteiger partial charge in [0.2, 0.25) is 0 Å². The molecule has 2 aliphatic heterocycles. The van der Waals surface area contributed by atoms with Crippen LogP contribution in [0.4, 0.5) is 0 Å². The molecule has 2 aromatic rings. The van der Waals surface area contributed by atoms with Crippen LogP contribution in [0.15, 0.2) is 48.5 Å². The second-order valence-corrected chi connectivity index (χ2v) is 8.59. The number of carbonyl (C=O) groups is 2. The summed E-state index contributed by atoms with van der Waals surface area (Å²) >= 11 is 0. The van der Waals surface area contributed by atoms with Crippen molar-refractivity contribution < 1.29 is 14.3 Å². The molecule has 1 fully saturated rings. The van der Waals surface area contributed by atoms with Crippen molar-refractivity contribution in [1.29, 1.82) is 0 Å². The van der Waals surface area contributed by atoms with E-state index in [1.54, 1.807) is 6.07 Å². The minimum absolute atomic E-state index is 0.00466. The smallest absolute Gasteiger partial charge is 0.339 e. The number of likely N-dealkylation sites (tertiary alicyclic amines) is 1. The van der Waals surface area contributed by atoms with E-state index in [0.29, 0.717) is 24.2 Å². The molecule has 2 aromatic carbocycles. The lowest BCUT2D eigenvalue weighted by molar-refractivity contribution is -0.0442. The minimum atomic E-state index is -0.701. The Morgan fingerprint density at radius 2 is 1.78 bits per heavy atom. The first-order chi connectivity index (χ1) is 12.8. The van der Waals surface area contributed by atoms with E-state index in [4.69, 9.17) is 4.74 Å². The van der Waals surface area contributed by atoms with Crippen molar-refractivity contribution in [2.24, 2.45) is 0 Å². The van der Waals surface area contributed by atoms with Crippen LogP contribution in [0.25, 0.3) is 0 Å². The first kappa shape index (κ1) is 17.8. The van der Waals surface area contributed by atoms with Gasteiger partial charge >= 0.3 is 5.97 Å². The Bertz CT molecular complexity index is 895. The maximum absolute atomic E-state index is 13.1. The number of rotatable bonds is 1. The van der Waals surface area contributed by atoms with Crippen LogP contribution in [0.5, 0.6) is 0 Å². The molecule has 1 amide bonds. The predicted octanol–water partition coefficient (Wildman–Crippen LogP) is 4.29. The molecule has 27 heavy (non-hydrogen) atoms. The molecule has 4 nitrogen and oxygen atoms in total. The SMILES string of the molecule is CC(C)(C)c1ccc(C(=O)N2CCCC3(C2)OC(=O)c2ccccc23)cc1. The molecule has 2 heterocycles. The summed E-state index contributed by atoms with van der Waals surface area (Å²) in [5, 5.41) is 0. The van der Waals surface area contributed by atoms with Gasteiger partial charge in [0.15, 0.2) is 5.60 Å². The van der Waals surface area contributed by atoms with Crippen LogP contribution in [0, 0.1) is 0 Å². The van der Waals surface area contributed by atoms with Gasteiger partial charge < -0.3 is 9.64 Å². The summed E-state index contributed by atoms with van der Waals surface area (Å²) in [5.74, 6) is -0.288. The Kier molecular flexibility index (Phi) is 4.10. The highest BCUT2D eigenvalue weighted by atomic mass is 16.6. The Balaban J connectivity index is 1.59. The summed E-state index contributed by atoms with van der Waals surface area (Å²) in [6.07, 6.45) is 1.57. The van der Waals surface area contributed by atoms with E-state index in [2.05, 4.69) is 20.8 Å². The topological polar surface area (TPSA) is 46.6 Å². The minimum Gasteiger partial charge on any atom is -0.449 e. The fraction of sp³-hybridized carbons (Fsp3) is 0.391. The third-order valence-corrected chi connectivity index (χ3v) is 5.67. The van der Waals surface area contributed by atoms with E-state index < -0.39 is 5.60 Å². The highest BCUT2D eigenvalue weighted by Gasteiger charge is 2.48. The third kappa shape index (κ3) is 3.03. The van der Waals surface area contributed by atoms with Crippen LogP contribution < -0.4 is 0 Å². The molecule has 4 heteroatoms. The number of hydrogen-bond acceptors (Lipinski definition) is 3. The van der Waals surface area contributed by atoms with Crippen LogP contribution in [-0.4, -0.2) is 29.9 Å². The largest absolute Gasteiger partial charge is 0.449 e. The van der Waals surface area contributed by atoms with Crippen LogP contribution in [0.3, 0.4) is 0 Å². The van der Waals surface area contributed by atoms with Gasteiger partial charge in [0.25, 0.3) is 5.91 Å². The number of nitrogens with zero attached hydrogens (tertiary/aromatic N) is 1. The number of benzene rings is 2. The van der Waals surface area contributed by atoms with Crippen molar-refractivity contribution in [3.8, 4) is 0 Å². The van der Waals surface area contributed by atoms with Gasteiger partial charge in [0.05, 0.1) is 12.1 Å². The molecule has 2 aliphatic rings. The highest BCUT2D eigenvalue weighted by Crippen LogP contribution is 2.43. The average molecular weight is 363 g/mol. The Hall–Kier alpha value is -2.62. The van der Waals surface area contributed by atoms with Crippen molar-refractivity contribution in [1.82, 2.24) is 4.90 Å². The number of ether oxygens (including phenoxy) is 1. The highest BCUT2D eigenvalue weighted by molar-refractivity contribution is 5.96. The summed E-state index contributed by atoms with van der Waals surface area (Å²) in [6.45, 7) is 7.56. The van der Waals surface area contributed by atoms with Crippen molar-refractivity contribution in [3.63, 3.8) is 0 Å². The van der Waals surface area contributed by atoms with Gasteiger partial charge in [-0.15, -0.1) is 0 Å². The maximum atomic E-state index is 13.1. The van der Waals surface area contributed by atoms with Crippen LogP contribution >= 0.6 is 0 Å². The Labute approximate surface area is 160 Å². The molecule has 0 aromatic heterocycles. The van der Waals surface area contributed by atoms with Gasteiger partial charge in [-0.2, -0.15) is 0 Å². The molecule has 1 spiro atoms. The standard InChI is InChI=1S/C23H25NO3/c1-22(2,3)17-11-9-16(10-12-17)20(25)24-14-6-13-23(15-24)19-8-5-4-7-18(19)21(26)27-23/h4-5,7-12H,6,13-15H2,1-3H3. The molecule has 4 rings (SSSR count). The zero-order valence-electron chi connectivity index (χ0n) is 16.1. The van der Waals surface area contributed by atoms with E-state index in [0.717, 1.165) is 18.4 Å². The van der Waals surface area contributed by atoms with Crippen molar-refractivity contribution in [2.45, 2.75) is 44.6 Å². The quantitative estimate of drug-likeness (QED) is 0.710. The van der Waals surface area contributed by atoms with Gasteiger partial charge in [-0.1, -0.05) is 51.1 Å². The number of carbonyl (C=O) groups excluding carboxylic acids is 2.